The molecule has 0 atom stereocenters. The molecule has 2 amide bonds. The number of hydrogen-bond donors (Lipinski definition) is 2. The number of aromatic nitrogens is 1. The minimum Gasteiger partial charge on any atom is -0.383 e. The number of anilines is 1. The van der Waals surface area contributed by atoms with E-state index in [1.807, 2.05) is 19.1 Å². The quantitative estimate of drug-likeness (QED) is 0.741. The maximum atomic E-state index is 12.3. The predicted octanol–water partition coefficient (Wildman–Crippen LogP) is 2.78. The lowest BCUT2D eigenvalue weighted by atomic mass is 10.2. The van der Waals surface area contributed by atoms with Gasteiger partial charge in [0, 0.05) is 35.6 Å². The third-order valence-corrected chi connectivity index (χ3v) is 3.78. The molecular weight excluding hydrogens is 374 g/mol. The van der Waals surface area contributed by atoms with Crippen LogP contribution in [0.15, 0.2) is 41.0 Å². The van der Waals surface area contributed by atoms with Gasteiger partial charge < -0.3 is 15.4 Å². The first-order valence-corrected chi connectivity index (χ1v) is 8.11. The Bertz CT molecular complexity index is 750. The van der Waals surface area contributed by atoms with Gasteiger partial charge in [-0.1, -0.05) is 15.9 Å². The zero-order chi connectivity index (χ0) is 17.5. The van der Waals surface area contributed by atoms with Crippen LogP contribution in [-0.2, 0) is 4.74 Å². The van der Waals surface area contributed by atoms with Crippen LogP contribution >= 0.6 is 15.9 Å². The molecule has 126 valence electrons. The van der Waals surface area contributed by atoms with Gasteiger partial charge in [-0.2, -0.15) is 0 Å². The van der Waals surface area contributed by atoms with Crippen molar-refractivity contribution in [2.75, 3.05) is 25.6 Å². The van der Waals surface area contributed by atoms with Gasteiger partial charge in [-0.15, -0.1) is 0 Å². The van der Waals surface area contributed by atoms with Crippen molar-refractivity contribution in [3.8, 4) is 0 Å². The average molecular weight is 392 g/mol. The number of methoxy groups -OCH3 is 1. The second-order valence-corrected chi connectivity index (χ2v) is 6.01. The van der Waals surface area contributed by atoms with Crippen molar-refractivity contribution in [2.24, 2.45) is 0 Å². The number of rotatable bonds is 6. The minimum atomic E-state index is -0.369. The number of carbonyl (C=O) groups excluding carboxylic acids is 2. The van der Waals surface area contributed by atoms with Crippen molar-refractivity contribution in [1.82, 2.24) is 10.3 Å². The smallest absolute Gasteiger partial charge is 0.274 e. The first kappa shape index (κ1) is 18.1. The van der Waals surface area contributed by atoms with Gasteiger partial charge in [0.05, 0.1) is 6.61 Å². The van der Waals surface area contributed by atoms with E-state index >= 15 is 0 Å². The number of hydrogen-bond acceptors (Lipinski definition) is 4. The summed E-state index contributed by atoms with van der Waals surface area (Å²) in [7, 11) is 1.56. The first-order valence-electron chi connectivity index (χ1n) is 7.32. The number of nitrogens with zero attached hydrogens (tertiary/aromatic N) is 1. The monoisotopic (exact) mass is 391 g/mol. The van der Waals surface area contributed by atoms with E-state index in [9.17, 15) is 9.59 Å². The molecule has 0 saturated carbocycles. The summed E-state index contributed by atoms with van der Waals surface area (Å²) >= 11 is 3.38. The topological polar surface area (TPSA) is 80.3 Å². The Labute approximate surface area is 148 Å². The van der Waals surface area contributed by atoms with Crippen LogP contribution in [0.1, 0.15) is 26.4 Å². The van der Waals surface area contributed by atoms with E-state index in [-0.39, 0.29) is 17.5 Å². The van der Waals surface area contributed by atoms with E-state index in [1.54, 1.807) is 19.2 Å². The van der Waals surface area contributed by atoms with Gasteiger partial charge in [-0.25, -0.2) is 0 Å². The van der Waals surface area contributed by atoms with Crippen molar-refractivity contribution in [1.29, 1.82) is 0 Å². The fourth-order valence-electron chi connectivity index (χ4n) is 2.02. The molecule has 2 aromatic rings. The van der Waals surface area contributed by atoms with Crippen molar-refractivity contribution in [2.45, 2.75) is 6.92 Å². The lowest BCUT2D eigenvalue weighted by Crippen LogP contribution is -2.27. The Morgan fingerprint density at radius 2 is 2.00 bits per heavy atom. The molecule has 1 aromatic heterocycles. The molecule has 2 N–H and O–H groups in total. The maximum Gasteiger partial charge on any atom is 0.274 e. The summed E-state index contributed by atoms with van der Waals surface area (Å²) in [6.07, 6.45) is 1.44. The Morgan fingerprint density at radius 1 is 1.21 bits per heavy atom. The normalized spacial score (nSPS) is 10.3. The fourth-order valence-corrected chi connectivity index (χ4v) is 2.49. The highest BCUT2D eigenvalue weighted by atomic mass is 79.9. The second-order valence-electron chi connectivity index (χ2n) is 5.09. The van der Waals surface area contributed by atoms with Gasteiger partial charge in [0.1, 0.15) is 5.69 Å². The van der Waals surface area contributed by atoms with Gasteiger partial charge >= 0.3 is 0 Å². The predicted molar refractivity (Wildman–Crippen MR) is 95.3 cm³/mol. The molecule has 0 aliphatic heterocycles. The van der Waals surface area contributed by atoms with Crippen LogP contribution in [-0.4, -0.2) is 37.1 Å². The molecule has 0 aliphatic carbocycles. The molecule has 1 aromatic carbocycles. The molecule has 0 fully saturated rings. The lowest BCUT2D eigenvalue weighted by molar-refractivity contribution is 0.0937. The Morgan fingerprint density at radius 3 is 2.71 bits per heavy atom. The van der Waals surface area contributed by atoms with Gasteiger partial charge in [-0.3, -0.25) is 14.6 Å². The number of amides is 2. The van der Waals surface area contributed by atoms with Gasteiger partial charge in [-0.05, 0) is 42.8 Å². The molecule has 7 heteroatoms. The maximum absolute atomic E-state index is 12.3. The number of ether oxygens (including phenoxy) is 1. The third-order valence-electron chi connectivity index (χ3n) is 3.28. The molecule has 0 bridgehead atoms. The summed E-state index contributed by atoms with van der Waals surface area (Å²) in [5.74, 6) is -0.643. The number of carbonyl (C=O) groups is 2. The lowest BCUT2D eigenvalue weighted by Gasteiger charge is -2.09. The second kappa shape index (κ2) is 8.56. The van der Waals surface area contributed by atoms with Crippen molar-refractivity contribution in [3.05, 3.63) is 57.8 Å². The van der Waals surface area contributed by atoms with E-state index in [0.717, 1.165) is 10.0 Å². The van der Waals surface area contributed by atoms with Gasteiger partial charge in [0.15, 0.2) is 0 Å². The Balaban J connectivity index is 2.09. The highest BCUT2D eigenvalue weighted by molar-refractivity contribution is 9.10. The molecule has 1 heterocycles. The standard InChI is InChI=1S/C17H18BrN3O3/c1-11-9-13(18)3-4-14(11)21-17(23)15-10-12(5-6-19-15)16(22)20-7-8-24-2/h3-6,9-10H,7-8H2,1-2H3,(H,20,22)(H,21,23). The highest BCUT2D eigenvalue weighted by Gasteiger charge is 2.13. The van der Waals surface area contributed by atoms with Crippen LogP contribution in [0.2, 0.25) is 0 Å². The van der Waals surface area contributed by atoms with Crippen LogP contribution in [0.5, 0.6) is 0 Å². The molecule has 0 spiro atoms. The van der Waals surface area contributed by atoms with Crippen LogP contribution in [0, 0.1) is 6.92 Å². The summed E-state index contributed by atoms with van der Waals surface area (Å²) in [6.45, 7) is 2.72. The summed E-state index contributed by atoms with van der Waals surface area (Å²) < 4.78 is 5.82. The van der Waals surface area contributed by atoms with Gasteiger partial charge in [0.2, 0.25) is 0 Å². The van der Waals surface area contributed by atoms with E-state index in [1.165, 1.54) is 12.3 Å². The van der Waals surface area contributed by atoms with Gasteiger partial charge in [0.25, 0.3) is 11.8 Å². The number of aryl methyl sites for hydroxylation is 1. The Hall–Kier alpha value is -2.25. The third kappa shape index (κ3) is 4.87. The number of pyridine rings is 1. The van der Waals surface area contributed by atoms with Crippen molar-refractivity contribution >= 4 is 33.4 Å². The molecule has 0 saturated heterocycles. The summed E-state index contributed by atoms with van der Waals surface area (Å²) in [6, 6.07) is 8.58. The number of nitrogens with one attached hydrogen (secondary N) is 2. The SMILES string of the molecule is COCCNC(=O)c1ccnc(C(=O)Nc2ccc(Br)cc2C)c1. The number of halogens is 1. The zero-order valence-corrected chi connectivity index (χ0v) is 15.0. The molecule has 6 nitrogen and oxygen atoms in total. The van der Waals surface area contributed by atoms with E-state index < -0.39 is 0 Å². The summed E-state index contributed by atoms with van der Waals surface area (Å²) in [5.41, 5.74) is 2.17. The molecule has 0 unspecified atom stereocenters. The number of benzene rings is 1. The van der Waals surface area contributed by atoms with E-state index in [4.69, 9.17) is 4.74 Å². The summed E-state index contributed by atoms with van der Waals surface area (Å²) in [4.78, 5) is 28.4. The average Bonchev–Trinajstić information content (AvgIpc) is 2.57. The van der Waals surface area contributed by atoms with Crippen LogP contribution in [0.25, 0.3) is 0 Å². The van der Waals surface area contributed by atoms with E-state index in [0.29, 0.717) is 24.4 Å². The summed E-state index contributed by atoms with van der Waals surface area (Å²) in [5, 5.41) is 5.50. The van der Waals surface area contributed by atoms with Crippen LogP contribution in [0.4, 0.5) is 5.69 Å². The molecule has 2 rings (SSSR count). The highest BCUT2D eigenvalue weighted by Crippen LogP contribution is 2.20. The molecule has 0 aliphatic rings. The Kier molecular flexibility index (Phi) is 6.45. The minimum absolute atomic E-state index is 0.178. The molecular formula is C17H18BrN3O3. The zero-order valence-electron chi connectivity index (χ0n) is 13.4. The largest absolute Gasteiger partial charge is 0.383 e. The van der Waals surface area contributed by atoms with Crippen molar-refractivity contribution < 1.29 is 14.3 Å². The first-order chi connectivity index (χ1) is 11.5. The van der Waals surface area contributed by atoms with Crippen molar-refractivity contribution in [3.63, 3.8) is 0 Å². The molecule has 0 radical (unpaired) electrons. The van der Waals surface area contributed by atoms with Crippen LogP contribution in [0.3, 0.4) is 0 Å². The fraction of sp³-hybridized carbons (Fsp3) is 0.235. The van der Waals surface area contributed by atoms with E-state index in [2.05, 4.69) is 31.5 Å². The van der Waals surface area contributed by atoms with Crippen LogP contribution < -0.4 is 10.6 Å². The molecule has 24 heavy (non-hydrogen) atoms.